The first-order valence-corrected chi connectivity index (χ1v) is 2.93. The van der Waals surface area contributed by atoms with E-state index in [4.69, 9.17) is 11.7 Å². The van der Waals surface area contributed by atoms with Crippen LogP contribution in [-0.4, -0.2) is 11.4 Å². The minimum atomic E-state index is -0.0904. The Labute approximate surface area is 63.7 Å². The third kappa shape index (κ3) is 1.36. The van der Waals surface area contributed by atoms with Crippen molar-refractivity contribution in [2.24, 2.45) is 0 Å². The summed E-state index contributed by atoms with van der Waals surface area (Å²) in [6.07, 6.45) is 0.518. The fourth-order valence-electron chi connectivity index (χ4n) is 0.706. The summed E-state index contributed by atoms with van der Waals surface area (Å²) in [5.41, 5.74) is 0.503. The molecule has 3 nitrogen and oxygen atoms in total. The first kappa shape index (κ1) is 7.29. The highest BCUT2D eigenvalue weighted by molar-refractivity contribution is 5.81. The predicted octanol–water partition coefficient (Wildman–Crippen LogP) is 1.76. The van der Waals surface area contributed by atoms with E-state index in [2.05, 4.69) is 4.85 Å². The molecule has 0 aliphatic heterocycles. The van der Waals surface area contributed by atoms with E-state index in [0.717, 1.165) is 0 Å². The van der Waals surface area contributed by atoms with E-state index >= 15 is 0 Å². The molecule has 0 atom stereocenters. The molecule has 0 aliphatic carbocycles. The van der Waals surface area contributed by atoms with Crippen molar-refractivity contribution in [3.05, 3.63) is 35.2 Å². The maximum absolute atomic E-state index is 10.2. The van der Waals surface area contributed by atoms with Crippen LogP contribution in [0.3, 0.4) is 0 Å². The number of hydrogen-bond acceptors (Lipinski definition) is 2. The Morgan fingerprint density at radius 1 is 1.55 bits per heavy atom. The molecule has 0 fully saturated rings. The summed E-state index contributed by atoms with van der Waals surface area (Å²) in [4.78, 5) is 13.3. The van der Waals surface area contributed by atoms with Crippen molar-refractivity contribution < 1.29 is 9.90 Å². The van der Waals surface area contributed by atoms with Gasteiger partial charge in [0.05, 0.1) is 6.57 Å². The summed E-state index contributed by atoms with van der Waals surface area (Å²) < 4.78 is 0. The normalized spacial score (nSPS) is 8.64. The summed E-state index contributed by atoms with van der Waals surface area (Å²) >= 11 is 0. The molecule has 1 rings (SSSR count). The molecular formula is C8H5NO2. The molecule has 0 saturated carbocycles. The first-order chi connectivity index (χ1) is 5.27. The summed E-state index contributed by atoms with van der Waals surface area (Å²) in [7, 11) is 0. The lowest BCUT2D eigenvalue weighted by Crippen LogP contribution is -1.78. The summed E-state index contributed by atoms with van der Waals surface area (Å²) in [5, 5.41) is 9.00. The first-order valence-electron chi connectivity index (χ1n) is 2.93. The number of phenols is 1. The molecule has 0 bridgehead atoms. The summed E-state index contributed by atoms with van der Waals surface area (Å²) in [6.45, 7) is 6.61. The quantitative estimate of drug-likeness (QED) is 0.485. The van der Waals surface area contributed by atoms with Gasteiger partial charge in [-0.25, -0.2) is 4.85 Å². The fourth-order valence-corrected chi connectivity index (χ4v) is 0.706. The van der Waals surface area contributed by atoms with Crippen molar-refractivity contribution in [2.75, 3.05) is 0 Å². The lowest BCUT2D eigenvalue weighted by molar-refractivity contribution is 0.112. The van der Waals surface area contributed by atoms with Gasteiger partial charge in [-0.3, -0.25) is 4.79 Å². The van der Waals surface area contributed by atoms with Crippen molar-refractivity contribution >= 4 is 12.0 Å². The van der Waals surface area contributed by atoms with Gasteiger partial charge in [-0.1, -0.05) is 6.07 Å². The molecule has 0 saturated heterocycles. The van der Waals surface area contributed by atoms with Crippen LogP contribution in [0.1, 0.15) is 10.4 Å². The Hall–Kier alpha value is -1.82. The maximum Gasteiger partial charge on any atom is 0.188 e. The van der Waals surface area contributed by atoms with Crippen LogP contribution in [-0.2, 0) is 0 Å². The van der Waals surface area contributed by atoms with Crippen LogP contribution in [0.25, 0.3) is 4.85 Å². The van der Waals surface area contributed by atoms with Gasteiger partial charge in [-0.2, -0.15) is 0 Å². The van der Waals surface area contributed by atoms with Crippen molar-refractivity contribution in [2.45, 2.75) is 0 Å². The van der Waals surface area contributed by atoms with E-state index in [1.165, 1.54) is 18.2 Å². The zero-order valence-corrected chi connectivity index (χ0v) is 5.61. The number of benzene rings is 1. The van der Waals surface area contributed by atoms with E-state index in [1.807, 2.05) is 0 Å². The minimum Gasteiger partial charge on any atom is -0.507 e. The van der Waals surface area contributed by atoms with Gasteiger partial charge in [-0.05, 0) is 12.1 Å². The predicted molar refractivity (Wildman–Crippen MR) is 39.8 cm³/mol. The van der Waals surface area contributed by atoms with Crippen molar-refractivity contribution in [3.8, 4) is 5.75 Å². The third-order valence-electron chi connectivity index (χ3n) is 1.27. The van der Waals surface area contributed by atoms with Crippen LogP contribution in [0.15, 0.2) is 18.2 Å². The van der Waals surface area contributed by atoms with Gasteiger partial charge in [0, 0.05) is 5.56 Å². The van der Waals surface area contributed by atoms with E-state index in [1.54, 1.807) is 0 Å². The van der Waals surface area contributed by atoms with E-state index in [0.29, 0.717) is 12.0 Å². The Bertz CT molecular complexity index is 325. The van der Waals surface area contributed by atoms with Crippen LogP contribution in [0, 0.1) is 6.57 Å². The van der Waals surface area contributed by atoms with Crippen LogP contribution in [0.2, 0.25) is 0 Å². The molecule has 0 spiro atoms. The average molecular weight is 147 g/mol. The molecule has 11 heavy (non-hydrogen) atoms. The second-order valence-electron chi connectivity index (χ2n) is 1.97. The topological polar surface area (TPSA) is 41.7 Å². The number of aromatic hydroxyl groups is 1. The largest absolute Gasteiger partial charge is 0.507 e. The van der Waals surface area contributed by atoms with Gasteiger partial charge in [-0.15, -0.1) is 0 Å². The second-order valence-corrected chi connectivity index (χ2v) is 1.97. The molecule has 1 N–H and O–H groups in total. The number of rotatable bonds is 1. The van der Waals surface area contributed by atoms with E-state index in [9.17, 15) is 4.79 Å². The molecule has 1 aromatic rings. The van der Waals surface area contributed by atoms with Gasteiger partial charge in [0.15, 0.2) is 12.0 Å². The van der Waals surface area contributed by atoms with Gasteiger partial charge in [0.1, 0.15) is 5.75 Å². The molecule has 0 unspecified atom stereocenters. The van der Waals surface area contributed by atoms with Gasteiger partial charge >= 0.3 is 0 Å². The van der Waals surface area contributed by atoms with Gasteiger partial charge in [0.25, 0.3) is 0 Å². The van der Waals surface area contributed by atoms with E-state index in [-0.39, 0.29) is 11.3 Å². The number of nitrogens with zero attached hydrogens (tertiary/aromatic N) is 1. The standard InChI is InChI=1S/C8H5NO2/c1-9-7-2-3-8(11)6(4-7)5-10/h2-5,11H. The molecular weight excluding hydrogens is 142 g/mol. The third-order valence-corrected chi connectivity index (χ3v) is 1.27. The number of carbonyl (C=O) groups is 1. The SMILES string of the molecule is [C-]#[N+]c1ccc(O)c(C=O)c1. The minimum absolute atomic E-state index is 0.0904. The number of carbonyl (C=O) groups excluding carboxylic acids is 1. The molecule has 0 radical (unpaired) electrons. The fraction of sp³-hybridized carbons (Fsp3) is 0. The molecule has 3 heteroatoms. The Kier molecular flexibility index (Phi) is 1.88. The summed E-state index contributed by atoms with van der Waals surface area (Å²) in [6, 6.07) is 4.13. The molecule has 0 aromatic heterocycles. The molecule has 0 heterocycles. The lowest BCUT2D eigenvalue weighted by Gasteiger charge is -1.95. The molecule has 0 amide bonds. The molecule has 54 valence electrons. The van der Waals surface area contributed by atoms with Crippen LogP contribution in [0.5, 0.6) is 5.75 Å². The highest BCUT2D eigenvalue weighted by Crippen LogP contribution is 2.21. The molecule has 1 aromatic carbocycles. The maximum atomic E-state index is 10.2. The van der Waals surface area contributed by atoms with E-state index < -0.39 is 0 Å². The Morgan fingerprint density at radius 2 is 2.27 bits per heavy atom. The zero-order valence-electron chi connectivity index (χ0n) is 5.61. The highest BCUT2D eigenvalue weighted by atomic mass is 16.3. The van der Waals surface area contributed by atoms with Gasteiger partial charge in [0.2, 0.25) is 0 Å². The number of hydrogen-bond donors (Lipinski definition) is 1. The van der Waals surface area contributed by atoms with Crippen molar-refractivity contribution in [1.82, 2.24) is 0 Å². The van der Waals surface area contributed by atoms with Crippen LogP contribution < -0.4 is 0 Å². The zero-order chi connectivity index (χ0) is 8.27. The highest BCUT2D eigenvalue weighted by Gasteiger charge is 1.99. The lowest BCUT2D eigenvalue weighted by atomic mass is 10.2. The number of aldehydes is 1. The summed E-state index contributed by atoms with van der Waals surface area (Å²) in [5.74, 6) is -0.0904. The average Bonchev–Trinajstić information content (AvgIpc) is 2.05. The Morgan fingerprint density at radius 3 is 2.82 bits per heavy atom. The van der Waals surface area contributed by atoms with Crippen LogP contribution in [0.4, 0.5) is 5.69 Å². The van der Waals surface area contributed by atoms with Crippen LogP contribution >= 0.6 is 0 Å². The number of phenolic OH excluding ortho intramolecular Hbond substituents is 1. The second kappa shape index (κ2) is 2.84. The van der Waals surface area contributed by atoms with Crippen molar-refractivity contribution in [1.29, 1.82) is 0 Å². The monoisotopic (exact) mass is 147 g/mol. The smallest absolute Gasteiger partial charge is 0.188 e. The van der Waals surface area contributed by atoms with Gasteiger partial charge < -0.3 is 5.11 Å². The Balaban J connectivity index is 3.25. The molecule has 0 aliphatic rings. The van der Waals surface area contributed by atoms with Crippen molar-refractivity contribution in [3.63, 3.8) is 0 Å².